The molecule has 3 nitrogen and oxygen atoms in total. The van der Waals surface area contributed by atoms with E-state index < -0.39 is 6.10 Å². The van der Waals surface area contributed by atoms with Gasteiger partial charge in [-0.15, -0.1) is 0 Å². The first kappa shape index (κ1) is 15.0. The summed E-state index contributed by atoms with van der Waals surface area (Å²) in [5.41, 5.74) is 2.01. The first-order chi connectivity index (χ1) is 9.56. The van der Waals surface area contributed by atoms with Gasteiger partial charge in [-0.25, -0.2) is 0 Å². The maximum Gasteiger partial charge on any atom is 0.0991 e. The second-order valence-electron chi connectivity index (χ2n) is 6.21. The molecule has 0 amide bonds. The highest BCUT2D eigenvalue weighted by Crippen LogP contribution is 2.34. The van der Waals surface area contributed by atoms with Gasteiger partial charge in [-0.3, -0.25) is 0 Å². The molecule has 1 aromatic rings. The molecule has 1 atom stereocenters. The molecule has 1 saturated heterocycles. The van der Waals surface area contributed by atoms with Crippen molar-refractivity contribution in [2.75, 3.05) is 19.6 Å². The maximum absolute atomic E-state index is 10.3. The third kappa shape index (κ3) is 3.59. The summed E-state index contributed by atoms with van der Waals surface area (Å²) in [6, 6.07) is 9.33. The Balaban J connectivity index is 1.89. The highest BCUT2D eigenvalue weighted by molar-refractivity contribution is 5.32. The maximum atomic E-state index is 10.3. The molecule has 0 radical (unpaired) electrons. The number of rotatable bonds is 4. The van der Waals surface area contributed by atoms with Crippen molar-refractivity contribution in [3.8, 4) is 6.07 Å². The molecule has 1 heterocycles. The molecule has 3 heteroatoms. The second-order valence-corrected chi connectivity index (χ2v) is 6.21. The minimum atomic E-state index is -0.464. The largest absolute Gasteiger partial charge is 0.387 e. The fourth-order valence-corrected chi connectivity index (χ4v) is 2.76. The fourth-order valence-electron chi connectivity index (χ4n) is 2.76. The Morgan fingerprint density at radius 2 is 1.90 bits per heavy atom. The lowest BCUT2D eigenvalue weighted by atomic mass is 9.78. The van der Waals surface area contributed by atoms with Gasteiger partial charge >= 0.3 is 0 Å². The topological polar surface area (TPSA) is 47.3 Å². The molecule has 1 fully saturated rings. The van der Waals surface area contributed by atoms with E-state index in [0.717, 1.165) is 18.7 Å². The van der Waals surface area contributed by atoms with E-state index in [4.69, 9.17) is 5.26 Å². The van der Waals surface area contributed by atoms with Crippen molar-refractivity contribution in [2.24, 2.45) is 5.41 Å². The number of aliphatic hydroxyl groups excluding tert-OH is 1. The number of nitrogens with zero attached hydrogens (tertiary/aromatic N) is 2. The van der Waals surface area contributed by atoms with Crippen LogP contribution in [-0.4, -0.2) is 29.6 Å². The molecule has 0 bridgehead atoms. The van der Waals surface area contributed by atoms with E-state index in [2.05, 4.69) is 24.8 Å². The van der Waals surface area contributed by atoms with E-state index in [0.29, 0.717) is 17.5 Å². The molecule has 2 rings (SSSR count). The zero-order valence-corrected chi connectivity index (χ0v) is 12.5. The number of piperidine rings is 1. The van der Waals surface area contributed by atoms with E-state index in [1.54, 1.807) is 12.1 Å². The van der Waals surface area contributed by atoms with Crippen LogP contribution in [-0.2, 0) is 0 Å². The highest BCUT2D eigenvalue weighted by atomic mass is 16.3. The van der Waals surface area contributed by atoms with Crippen LogP contribution < -0.4 is 0 Å². The molecule has 20 heavy (non-hydrogen) atoms. The Morgan fingerprint density at radius 3 is 2.40 bits per heavy atom. The number of likely N-dealkylation sites (tertiary alicyclic amines) is 1. The summed E-state index contributed by atoms with van der Waals surface area (Å²) in [4.78, 5) is 2.35. The lowest BCUT2D eigenvalue weighted by molar-refractivity contribution is 0.0626. The predicted octanol–water partition coefficient (Wildman–Crippen LogP) is 3.10. The van der Waals surface area contributed by atoms with Crippen molar-refractivity contribution in [1.82, 2.24) is 4.90 Å². The summed E-state index contributed by atoms with van der Waals surface area (Å²) in [6.45, 7) is 7.45. The van der Waals surface area contributed by atoms with Gasteiger partial charge in [0.05, 0.1) is 17.7 Å². The molecule has 108 valence electrons. The van der Waals surface area contributed by atoms with Crippen molar-refractivity contribution in [2.45, 2.75) is 39.2 Å². The Hall–Kier alpha value is -1.37. The molecule has 1 aromatic carbocycles. The van der Waals surface area contributed by atoms with E-state index in [9.17, 15) is 5.11 Å². The Labute approximate surface area is 121 Å². The number of benzene rings is 1. The van der Waals surface area contributed by atoms with Crippen LogP contribution >= 0.6 is 0 Å². The summed E-state index contributed by atoms with van der Waals surface area (Å²) in [5.74, 6) is 0. The van der Waals surface area contributed by atoms with Gasteiger partial charge < -0.3 is 10.0 Å². The fraction of sp³-hybridized carbons (Fsp3) is 0.588. The van der Waals surface area contributed by atoms with Gasteiger partial charge in [0.25, 0.3) is 0 Å². The highest BCUT2D eigenvalue weighted by Gasteiger charge is 2.28. The zero-order valence-electron chi connectivity index (χ0n) is 12.5. The number of β-amino-alcohol motifs (C(OH)–C–C–N with tert-alkyl or cyclic N) is 1. The average molecular weight is 272 g/mol. The minimum absolute atomic E-state index is 0.464. The van der Waals surface area contributed by atoms with Crippen LogP contribution in [0.25, 0.3) is 0 Å². The normalized spacial score (nSPS) is 20.3. The molecule has 1 aliphatic heterocycles. The summed E-state index contributed by atoms with van der Waals surface area (Å²) >= 11 is 0. The summed E-state index contributed by atoms with van der Waals surface area (Å²) in [5, 5.41) is 19.1. The van der Waals surface area contributed by atoms with Crippen molar-refractivity contribution < 1.29 is 5.11 Å². The van der Waals surface area contributed by atoms with Crippen molar-refractivity contribution in [3.63, 3.8) is 0 Å². The predicted molar refractivity (Wildman–Crippen MR) is 80.2 cm³/mol. The summed E-state index contributed by atoms with van der Waals surface area (Å²) < 4.78 is 0. The van der Waals surface area contributed by atoms with Gasteiger partial charge in [-0.05, 0) is 49.0 Å². The van der Waals surface area contributed by atoms with Crippen LogP contribution in [0, 0.1) is 16.7 Å². The summed E-state index contributed by atoms with van der Waals surface area (Å²) in [6.07, 6.45) is 3.19. The minimum Gasteiger partial charge on any atom is -0.387 e. The standard InChI is InChI=1S/C17H24N2O/c1-3-17(2)8-10-19(11-9-17)13-16(20)15-6-4-14(12-18)5-7-15/h4-7,16,20H,3,8-11,13H2,1-2H3. The van der Waals surface area contributed by atoms with Crippen LogP contribution in [0.2, 0.25) is 0 Å². The van der Waals surface area contributed by atoms with E-state index in [1.165, 1.54) is 19.3 Å². The van der Waals surface area contributed by atoms with Crippen molar-refractivity contribution in [1.29, 1.82) is 5.26 Å². The van der Waals surface area contributed by atoms with Gasteiger partial charge in [-0.1, -0.05) is 32.4 Å². The van der Waals surface area contributed by atoms with Crippen LogP contribution in [0.15, 0.2) is 24.3 Å². The molecule has 0 saturated carbocycles. The zero-order chi connectivity index (χ0) is 14.6. The molecular formula is C17H24N2O. The molecule has 1 unspecified atom stereocenters. The number of nitriles is 1. The van der Waals surface area contributed by atoms with Gasteiger partial charge in [0, 0.05) is 6.54 Å². The molecule has 0 aliphatic carbocycles. The number of hydrogen-bond donors (Lipinski definition) is 1. The Bertz CT molecular complexity index is 467. The van der Waals surface area contributed by atoms with Crippen LogP contribution in [0.4, 0.5) is 0 Å². The lowest BCUT2D eigenvalue weighted by Gasteiger charge is -2.39. The Morgan fingerprint density at radius 1 is 1.30 bits per heavy atom. The molecule has 0 aromatic heterocycles. The van der Waals surface area contributed by atoms with Gasteiger partial charge in [-0.2, -0.15) is 5.26 Å². The molecule has 1 aliphatic rings. The number of aliphatic hydroxyl groups is 1. The Kier molecular flexibility index (Phi) is 4.80. The first-order valence-corrected chi connectivity index (χ1v) is 7.47. The van der Waals surface area contributed by atoms with Crippen molar-refractivity contribution in [3.05, 3.63) is 35.4 Å². The van der Waals surface area contributed by atoms with E-state index in [-0.39, 0.29) is 0 Å². The monoisotopic (exact) mass is 272 g/mol. The number of hydrogen-bond acceptors (Lipinski definition) is 3. The van der Waals surface area contributed by atoms with Crippen LogP contribution in [0.5, 0.6) is 0 Å². The molecule has 0 spiro atoms. The second kappa shape index (κ2) is 6.39. The smallest absolute Gasteiger partial charge is 0.0991 e. The van der Waals surface area contributed by atoms with Crippen molar-refractivity contribution >= 4 is 0 Å². The summed E-state index contributed by atoms with van der Waals surface area (Å²) in [7, 11) is 0. The molecular weight excluding hydrogens is 248 g/mol. The van der Waals surface area contributed by atoms with Gasteiger partial charge in [0.1, 0.15) is 0 Å². The quantitative estimate of drug-likeness (QED) is 0.916. The van der Waals surface area contributed by atoms with Gasteiger partial charge in [0.2, 0.25) is 0 Å². The van der Waals surface area contributed by atoms with E-state index in [1.807, 2.05) is 12.1 Å². The first-order valence-electron chi connectivity index (χ1n) is 7.47. The van der Waals surface area contributed by atoms with Crippen LogP contribution in [0.3, 0.4) is 0 Å². The van der Waals surface area contributed by atoms with Crippen LogP contribution in [0.1, 0.15) is 50.3 Å². The molecule has 1 N–H and O–H groups in total. The SMILES string of the molecule is CCC1(C)CCN(CC(O)c2ccc(C#N)cc2)CC1. The van der Waals surface area contributed by atoms with E-state index >= 15 is 0 Å². The average Bonchev–Trinajstić information content (AvgIpc) is 2.50. The third-order valence-corrected chi connectivity index (χ3v) is 4.77. The lowest BCUT2D eigenvalue weighted by Crippen LogP contribution is -2.40. The van der Waals surface area contributed by atoms with Gasteiger partial charge in [0.15, 0.2) is 0 Å². The third-order valence-electron chi connectivity index (χ3n) is 4.77.